The number of carboxylic acid groups (broad SMARTS) is 1. The van der Waals surface area contributed by atoms with E-state index in [2.05, 4.69) is 5.16 Å². The Hall–Kier alpha value is -1.50. The summed E-state index contributed by atoms with van der Waals surface area (Å²) in [4.78, 5) is 23.5. The van der Waals surface area contributed by atoms with Crippen LogP contribution in [0.5, 0.6) is 0 Å². The van der Waals surface area contributed by atoms with Gasteiger partial charge in [0.05, 0.1) is 12.7 Å². The van der Waals surface area contributed by atoms with E-state index in [1.807, 2.05) is 0 Å². The molecule has 1 amide bonds. The molecule has 1 aliphatic rings. The van der Waals surface area contributed by atoms with Gasteiger partial charge in [0.25, 0.3) is 5.24 Å². The van der Waals surface area contributed by atoms with E-state index in [9.17, 15) is 9.59 Å². The Bertz CT molecular complexity index is 403. The highest BCUT2D eigenvalue weighted by molar-refractivity contribution is 8.13. The zero-order chi connectivity index (χ0) is 10.8. The summed E-state index contributed by atoms with van der Waals surface area (Å²) in [5.74, 6) is -0.140. The fourth-order valence-electron chi connectivity index (χ4n) is 1.30. The Morgan fingerprint density at radius 3 is 3.13 bits per heavy atom. The van der Waals surface area contributed by atoms with Crippen molar-refractivity contribution in [2.75, 3.05) is 12.3 Å². The molecular weight excluding hydrogens is 220 g/mol. The Balaban J connectivity index is 2.13. The molecule has 2 rings (SSSR count). The third-order valence-electron chi connectivity index (χ3n) is 2.05. The molecular formula is C8H8N2O4S. The smallest absolute Gasteiger partial charge is 0.341 e. The fourth-order valence-corrected chi connectivity index (χ4v) is 2.12. The van der Waals surface area contributed by atoms with Crippen LogP contribution in [-0.4, -0.2) is 38.7 Å². The fraction of sp³-hybridized carbons (Fsp3) is 0.375. The molecule has 15 heavy (non-hydrogen) atoms. The summed E-state index contributed by atoms with van der Waals surface area (Å²) in [7, 11) is 0. The van der Waals surface area contributed by atoms with E-state index in [4.69, 9.17) is 9.63 Å². The van der Waals surface area contributed by atoms with Crippen molar-refractivity contribution in [2.45, 2.75) is 6.54 Å². The number of carbonyl (C=O) groups excluding carboxylic acids is 1. The summed E-state index contributed by atoms with van der Waals surface area (Å²) < 4.78 is 4.80. The largest absolute Gasteiger partial charge is 0.478 e. The number of hydrogen-bond acceptors (Lipinski definition) is 5. The Morgan fingerprint density at radius 1 is 1.73 bits per heavy atom. The van der Waals surface area contributed by atoms with Gasteiger partial charge >= 0.3 is 5.97 Å². The van der Waals surface area contributed by atoms with E-state index in [-0.39, 0.29) is 23.1 Å². The van der Waals surface area contributed by atoms with Crippen molar-refractivity contribution in [3.63, 3.8) is 0 Å². The summed E-state index contributed by atoms with van der Waals surface area (Å²) in [5.41, 5.74) is 0.0136. The Kier molecular flexibility index (Phi) is 2.63. The first-order chi connectivity index (χ1) is 7.18. The normalized spacial score (nSPS) is 16.0. The van der Waals surface area contributed by atoms with Gasteiger partial charge in [-0.1, -0.05) is 16.9 Å². The molecule has 1 aliphatic heterocycles. The van der Waals surface area contributed by atoms with Crippen LogP contribution in [0.15, 0.2) is 10.7 Å². The molecule has 1 aromatic heterocycles. The topological polar surface area (TPSA) is 83.6 Å². The second-order valence-electron chi connectivity index (χ2n) is 3.00. The summed E-state index contributed by atoms with van der Waals surface area (Å²) in [5, 5.41) is 12.1. The summed E-state index contributed by atoms with van der Waals surface area (Å²) in [6.45, 7) is 0.788. The van der Waals surface area contributed by atoms with Crippen molar-refractivity contribution < 1.29 is 19.2 Å². The van der Waals surface area contributed by atoms with Gasteiger partial charge in [-0.25, -0.2) is 4.79 Å². The summed E-state index contributed by atoms with van der Waals surface area (Å²) in [6.07, 6.45) is 1.14. The van der Waals surface area contributed by atoms with Crippen molar-refractivity contribution in [1.29, 1.82) is 0 Å². The van der Waals surface area contributed by atoms with Crippen molar-refractivity contribution in [1.82, 2.24) is 10.1 Å². The molecule has 1 fully saturated rings. The predicted molar refractivity (Wildman–Crippen MR) is 51.7 cm³/mol. The molecule has 0 radical (unpaired) electrons. The number of hydrogen-bond donors (Lipinski definition) is 1. The molecule has 1 saturated heterocycles. The van der Waals surface area contributed by atoms with Gasteiger partial charge in [0.15, 0.2) is 5.76 Å². The van der Waals surface area contributed by atoms with Crippen LogP contribution in [0.4, 0.5) is 4.79 Å². The van der Waals surface area contributed by atoms with Gasteiger partial charge in [0.2, 0.25) is 0 Å². The van der Waals surface area contributed by atoms with Crippen molar-refractivity contribution in [3.05, 3.63) is 17.5 Å². The molecule has 7 heteroatoms. The molecule has 0 saturated carbocycles. The van der Waals surface area contributed by atoms with Crippen LogP contribution in [0, 0.1) is 0 Å². The quantitative estimate of drug-likeness (QED) is 0.832. The highest BCUT2D eigenvalue weighted by atomic mass is 32.2. The van der Waals surface area contributed by atoms with Gasteiger partial charge in [-0.15, -0.1) is 0 Å². The van der Waals surface area contributed by atoms with Gasteiger partial charge in [-0.3, -0.25) is 4.79 Å². The van der Waals surface area contributed by atoms with Gasteiger partial charge in [-0.2, -0.15) is 0 Å². The predicted octanol–water partition coefficient (Wildman–Crippen LogP) is 1.04. The van der Waals surface area contributed by atoms with Crippen LogP contribution >= 0.6 is 11.8 Å². The molecule has 80 valence electrons. The zero-order valence-electron chi connectivity index (χ0n) is 7.67. The number of carbonyl (C=O) groups is 2. The maximum absolute atomic E-state index is 11.3. The van der Waals surface area contributed by atoms with E-state index in [1.165, 1.54) is 16.7 Å². The van der Waals surface area contributed by atoms with Crippen LogP contribution in [0.25, 0.3) is 0 Å². The lowest BCUT2D eigenvalue weighted by Crippen LogP contribution is -2.23. The van der Waals surface area contributed by atoms with Gasteiger partial charge < -0.3 is 14.5 Å². The number of thioether (sulfide) groups is 1. The number of aromatic carboxylic acids is 1. The SMILES string of the molecule is O=C(O)c1cnoc1CN1CCSC1=O. The first-order valence-corrected chi connectivity index (χ1v) is 5.25. The second kappa shape index (κ2) is 3.93. The number of rotatable bonds is 3. The Labute approximate surface area is 89.2 Å². The molecule has 6 nitrogen and oxygen atoms in total. The molecule has 1 aromatic rings. The molecule has 0 aliphatic carbocycles. The number of aromatic nitrogens is 1. The average Bonchev–Trinajstić information content (AvgIpc) is 2.77. The van der Waals surface area contributed by atoms with Gasteiger partial charge in [0.1, 0.15) is 5.56 Å². The minimum Gasteiger partial charge on any atom is -0.478 e. The van der Waals surface area contributed by atoms with Crippen LogP contribution in [0.2, 0.25) is 0 Å². The average molecular weight is 228 g/mol. The molecule has 2 heterocycles. The Morgan fingerprint density at radius 2 is 2.53 bits per heavy atom. The third-order valence-corrected chi connectivity index (χ3v) is 2.95. The molecule has 0 atom stereocenters. The molecule has 0 bridgehead atoms. The van der Waals surface area contributed by atoms with Gasteiger partial charge in [-0.05, 0) is 0 Å². The van der Waals surface area contributed by atoms with E-state index < -0.39 is 5.97 Å². The first kappa shape index (κ1) is 10.0. The lowest BCUT2D eigenvalue weighted by atomic mass is 10.2. The van der Waals surface area contributed by atoms with Crippen LogP contribution in [0.3, 0.4) is 0 Å². The van der Waals surface area contributed by atoms with Crippen molar-refractivity contribution in [3.8, 4) is 0 Å². The van der Waals surface area contributed by atoms with E-state index in [0.717, 1.165) is 11.9 Å². The van der Waals surface area contributed by atoms with E-state index in [1.54, 1.807) is 0 Å². The lowest BCUT2D eigenvalue weighted by molar-refractivity contribution is 0.0693. The molecule has 0 aromatic carbocycles. The minimum atomic E-state index is -1.09. The summed E-state index contributed by atoms with van der Waals surface area (Å²) >= 11 is 1.22. The minimum absolute atomic E-state index is 0.0136. The highest BCUT2D eigenvalue weighted by Gasteiger charge is 2.25. The van der Waals surface area contributed by atoms with Crippen molar-refractivity contribution >= 4 is 23.0 Å². The van der Waals surface area contributed by atoms with Crippen LogP contribution in [-0.2, 0) is 6.54 Å². The summed E-state index contributed by atoms with van der Waals surface area (Å²) in [6, 6.07) is 0. The van der Waals surface area contributed by atoms with Crippen LogP contribution < -0.4 is 0 Å². The number of amides is 1. The second-order valence-corrected chi connectivity index (χ2v) is 4.05. The highest BCUT2D eigenvalue weighted by Crippen LogP contribution is 2.21. The zero-order valence-corrected chi connectivity index (χ0v) is 8.49. The van der Waals surface area contributed by atoms with E-state index in [0.29, 0.717) is 6.54 Å². The third kappa shape index (κ3) is 1.96. The first-order valence-electron chi connectivity index (χ1n) is 4.27. The number of carboxylic acids is 1. The lowest BCUT2D eigenvalue weighted by Gasteiger charge is -2.11. The molecule has 0 unspecified atom stereocenters. The maximum atomic E-state index is 11.3. The van der Waals surface area contributed by atoms with E-state index >= 15 is 0 Å². The molecule has 1 N–H and O–H groups in total. The standard InChI is InChI=1S/C8H8N2O4S/c11-7(12)5-3-9-14-6(5)4-10-1-2-15-8(10)13/h3H,1-2,4H2,(H,11,12). The monoisotopic (exact) mass is 228 g/mol. The maximum Gasteiger partial charge on any atom is 0.341 e. The molecule has 0 spiro atoms. The van der Waals surface area contributed by atoms with Crippen molar-refractivity contribution in [2.24, 2.45) is 0 Å². The number of nitrogens with zero attached hydrogens (tertiary/aromatic N) is 2. The van der Waals surface area contributed by atoms with Crippen LogP contribution in [0.1, 0.15) is 16.1 Å². The van der Waals surface area contributed by atoms with Gasteiger partial charge in [0, 0.05) is 12.3 Å².